The lowest BCUT2D eigenvalue weighted by Gasteiger charge is -2.18. The second-order valence-corrected chi connectivity index (χ2v) is 8.09. The predicted molar refractivity (Wildman–Crippen MR) is 104 cm³/mol. The van der Waals surface area contributed by atoms with Gasteiger partial charge in [0.05, 0.1) is 4.90 Å². The van der Waals surface area contributed by atoms with Crippen LogP contribution in [0.3, 0.4) is 0 Å². The molecule has 0 radical (unpaired) electrons. The molecule has 0 saturated carbocycles. The molecule has 8 nitrogen and oxygen atoms in total. The van der Waals surface area contributed by atoms with Crippen molar-refractivity contribution in [2.45, 2.75) is 18.7 Å². The lowest BCUT2D eigenvalue weighted by Crippen LogP contribution is -2.30. The normalized spacial score (nSPS) is 11.7. The third-order valence-corrected chi connectivity index (χ3v) is 6.09. The molecule has 0 aliphatic carbocycles. The van der Waals surface area contributed by atoms with Crippen molar-refractivity contribution >= 4 is 15.9 Å². The molecule has 0 aliphatic rings. The minimum Gasteiger partial charge on any atom is -0.419 e. The van der Waals surface area contributed by atoms with Gasteiger partial charge in [0, 0.05) is 31.7 Å². The molecule has 0 amide bonds. The first kappa shape index (κ1) is 20.9. The van der Waals surface area contributed by atoms with Crippen LogP contribution >= 0.6 is 0 Å². The van der Waals surface area contributed by atoms with Crippen molar-refractivity contribution < 1.29 is 12.8 Å². The summed E-state index contributed by atoms with van der Waals surface area (Å²) in [5.74, 6) is 0.583. The van der Waals surface area contributed by atoms with E-state index in [-0.39, 0.29) is 16.5 Å². The van der Waals surface area contributed by atoms with Crippen LogP contribution in [0.2, 0.25) is 0 Å². The number of rotatable bonds is 9. The maximum atomic E-state index is 12.5. The van der Waals surface area contributed by atoms with Crippen molar-refractivity contribution in [3.05, 3.63) is 30.0 Å². The summed E-state index contributed by atoms with van der Waals surface area (Å²) in [4.78, 5) is 6.41. The molecule has 0 spiro atoms. The maximum absolute atomic E-state index is 12.5. The number of benzene rings is 1. The Hall–Kier alpha value is -2.41. The van der Waals surface area contributed by atoms with Gasteiger partial charge in [-0.2, -0.15) is 14.6 Å². The minimum absolute atomic E-state index is 0.170. The van der Waals surface area contributed by atoms with Gasteiger partial charge in [0.25, 0.3) is 0 Å². The predicted octanol–water partition coefficient (Wildman–Crippen LogP) is 2.22. The highest BCUT2D eigenvalue weighted by atomic mass is 32.2. The number of hydrogen-bond donors (Lipinski definition) is 1. The highest BCUT2D eigenvalue weighted by molar-refractivity contribution is 7.89. The van der Waals surface area contributed by atoms with Crippen molar-refractivity contribution in [3.63, 3.8) is 0 Å². The molecule has 0 atom stereocenters. The fraction of sp³-hybridized carbons (Fsp3) is 0.444. The van der Waals surface area contributed by atoms with Gasteiger partial charge in [-0.15, -0.1) is 0 Å². The summed E-state index contributed by atoms with van der Waals surface area (Å²) in [6, 6.07) is 8.32. The van der Waals surface area contributed by atoms with Gasteiger partial charge in [-0.3, -0.25) is 0 Å². The quantitative estimate of drug-likeness (QED) is 0.699. The summed E-state index contributed by atoms with van der Waals surface area (Å²) in [7, 11) is 0.387. The van der Waals surface area contributed by atoms with Crippen molar-refractivity contribution in [2.75, 3.05) is 45.6 Å². The van der Waals surface area contributed by atoms with Gasteiger partial charge in [-0.1, -0.05) is 13.8 Å². The van der Waals surface area contributed by atoms with Crippen LogP contribution < -0.4 is 5.32 Å². The Labute approximate surface area is 160 Å². The monoisotopic (exact) mass is 391 g/mol. The van der Waals surface area contributed by atoms with Gasteiger partial charge in [0.1, 0.15) is 6.07 Å². The van der Waals surface area contributed by atoms with E-state index in [2.05, 4.69) is 10.3 Å². The van der Waals surface area contributed by atoms with Crippen LogP contribution in [0.4, 0.5) is 5.88 Å². The highest BCUT2D eigenvalue weighted by Crippen LogP contribution is 2.27. The standard InChI is InChI=1S/C18H25N5O3S/c1-5-23(6-2)27(24,25)15-9-7-14(8-10-15)17-21-16(13-19)18(26-17)20-11-12-22(3)4/h7-10,20H,5-6,11-12H2,1-4H3. The van der Waals surface area contributed by atoms with E-state index >= 15 is 0 Å². The molecule has 1 aromatic carbocycles. The van der Waals surface area contributed by atoms with Gasteiger partial charge in [0.2, 0.25) is 27.5 Å². The van der Waals surface area contributed by atoms with E-state index in [0.717, 1.165) is 6.54 Å². The number of sulfonamides is 1. The lowest BCUT2D eigenvalue weighted by molar-refractivity contribution is 0.423. The average Bonchev–Trinajstić information content (AvgIpc) is 3.05. The molecule has 0 fully saturated rings. The van der Waals surface area contributed by atoms with Crippen LogP contribution in [0, 0.1) is 11.3 Å². The van der Waals surface area contributed by atoms with Crippen molar-refractivity contribution in [1.82, 2.24) is 14.2 Å². The van der Waals surface area contributed by atoms with Crippen LogP contribution in [-0.4, -0.2) is 62.9 Å². The third kappa shape index (κ3) is 4.86. The molecule has 1 N–H and O–H groups in total. The second kappa shape index (κ2) is 8.99. The summed E-state index contributed by atoms with van der Waals surface area (Å²) in [6.07, 6.45) is 0. The first-order chi connectivity index (χ1) is 12.8. The number of aromatic nitrogens is 1. The first-order valence-electron chi connectivity index (χ1n) is 8.73. The molecule has 27 heavy (non-hydrogen) atoms. The minimum atomic E-state index is -3.51. The number of nitriles is 1. The Bertz CT molecular complexity index is 894. The zero-order chi connectivity index (χ0) is 20.0. The van der Waals surface area contributed by atoms with E-state index in [1.54, 1.807) is 26.0 Å². The number of nitrogens with one attached hydrogen (secondary N) is 1. The summed E-state index contributed by atoms with van der Waals surface area (Å²) >= 11 is 0. The SMILES string of the molecule is CCN(CC)S(=O)(=O)c1ccc(-c2nc(C#N)c(NCCN(C)C)o2)cc1. The number of likely N-dealkylation sites (N-methyl/N-ethyl adjacent to an activating group) is 1. The molecule has 0 bridgehead atoms. The van der Waals surface area contributed by atoms with E-state index < -0.39 is 10.0 Å². The largest absolute Gasteiger partial charge is 0.419 e. The van der Waals surface area contributed by atoms with Crippen molar-refractivity contribution in [3.8, 4) is 17.5 Å². The molecule has 0 aliphatic heterocycles. The molecule has 1 aromatic heterocycles. The second-order valence-electron chi connectivity index (χ2n) is 6.15. The fourth-order valence-electron chi connectivity index (χ4n) is 2.51. The van der Waals surface area contributed by atoms with E-state index in [9.17, 15) is 13.7 Å². The summed E-state index contributed by atoms with van der Waals surface area (Å²) in [5.41, 5.74) is 0.772. The van der Waals surface area contributed by atoms with Gasteiger partial charge in [0.15, 0.2) is 0 Å². The van der Waals surface area contributed by atoms with Crippen LogP contribution in [0.5, 0.6) is 0 Å². The molecule has 146 valence electrons. The molecule has 0 unspecified atom stereocenters. The van der Waals surface area contributed by atoms with Gasteiger partial charge in [-0.25, -0.2) is 8.42 Å². The zero-order valence-electron chi connectivity index (χ0n) is 16.1. The fourth-order valence-corrected chi connectivity index (χ4v) is 3.97. The van der Waals surface area contributed by atoms with Crippen molar-refractivity contribution in [2.24, 2.45) is 0 Å². The number of hydrogen-bond acceptors (Lipinski definition) is 7. The van der Waals surface area contributed by atoms with Crippen LogP contribution in [0.15, 0.2) is 33.6 Å². The van der Waals surface area contributed by atoms with E-state index in [0.29, 0.717) is 31.1 Å². The Morgan fingerprint density at radius 2 is 1.81 bits per heavy atom. The Morgan fingerprint density at radius 1 is 1.19 bits per heavy atom. The van der Waals surface area contributed by atoms with E-state index in [1.807, 2.05) is 25.1 Å². The van der Waals surface area contributed by atoms with Crippen molar-refractivity contribution in [1.29, 1.82) is 5.26 Å². The number of nitrogens with zero attached hydrogens (tertiary/aromatic N) is 4. The zero-order valence-corrected chi connectivity index (χ0v) is 16.9. The smallest absolute Gasteiger partial charge is 0.243 e. The topological polar surface area (TPSA) is 102 Å². The van der Waals surface area contributed by atoms with Crippen LogP contribution in [0.1, 0.15) is 19.5 Å². The Kier molecular flexibility index (Phi) is 6.96. The third-order valence-electron chi connectivity index (χ3n) is 4.02. The number of anilines is 1. The molecule has 2 rings (SSSR count). The summed E-state index contributed by atoms with van der Waals surface area (Å²) in [5, 5.41) is 12.3. The average molecular weight is 391 g/mol. The summed E-state index contributed by atoms with van der Waals surface area (Å²) in [6.45, 7) is 5.81. The Morgan fingerprint density at radius 3 is 2.33 bits per heavy atom. The molecular weight excluding hydrogens is 366 g/mol. The highest BCUT2D eigenvalue weighted by Gasteiger charge is 2.22. The number of oxazole rings is 1. The molecule has 1 heterocycles. The first-order valence-corrected chi connectivity index (χ1v) is 10.2. The molecule has 9 heteroatoms. The van der Waals surface area contributed by atoms with Gasteiger partial charge in [-0.05, 0) is 38.4 Å². The maximum Gasteiger partial charge on any atom is 0.243 e. The summed E-state index contributed by atoms with van der Waals surface area (Å²) < 4.78 is 32.2. The van der Waals surface area contributed by atoms with E-state index in [4.69, 9.17) is 4.42 Å². The Balaban J connectivity index is 2.25. The lowest BCUT2D eigenvalue weighted by atomic mass is 10.2. The molecular formula is C18H25N5O3S. The van der Waals surface area contributed by atoms with Gasteiger partial charge < -0.3 is 14.6 Å². The van der Waals surface area contributed by atoms with Crippen LogP contribution in [-0.2, 0) is 10.0 Å². The van der Waals surface area contributed by atoms with Crippen LogP contribution in [0.25, 0.3) is 11.5 Å². The molecule has 2 aromatic rings. The van der Waals surface area contributed by atoms with E-state index in [1.165, 1.54) is 16.4 Å². The molecule has 0 saturated heterocycles. The van der Waals surface area contributed by atoms with Gasteiger partial charge >= 0.3 is 0 Å².